The zero-order valence-electron chi connectivity index (χ0n) is 14.9. The minimum Gasteiger partial charge on any atom is -0.302 e. The first kappa shape index (κ1) is 17.2. The molecule has 1 fully saturated rings. The maximum Gasteiger partial charge on any atom is 0.203 e. The lowest BCUT2D eigenvalue weighted by atomic mass is 10.1. The van der Waals surface area contributed by atoms with Crippen molar-refractivity contribution >= 4 is 12.2 Å². The fourth-order valence-corrected chi connectivity index (χ4v) is 3.88. The lowest BCUT2D eigenvalue weighted by Gasteiger charge is -2.26. The monoisotopic (exact) mass is 364 g/mol. The molecule has 1 saturated heterocycles. The minimum atomic E-state index is 0.757. The molecule has 0 aliphatic carbocycles. The van der Waals surface area contributed by atoms with Gasteiger partial charge in [0.15, 0.2) is 5.82 Å². The summed E-state index contributed by atoms with van der Waals surface area (Å²) in [5.41, 5.74) is 2.11. The van der Waals surface area contributed by atoms with Crippen LogP contribution in [-0.4, -0.2) is 38.9 Å². The largest absolute Gasteiger partial charge is 0.302 e. The highest BCUT2D eigenvalue weighted by Gasteiger charge is 2.16. The Morgan fingerprint density at radius 3 is 2.15 bits per heavy atom. The van der Waals surface area contributed by atoms with Gasteiger partial charge in [-0.05, 0) is 50.3 Å². The van der Waals surface area contributed by atoms with E-state index >= 15 is 0 Å². The number of benzene rings is 2. The number of aromatic nitrogens is 3. The molecule has 1 aliphatic rings. The van der Waals surface area contributed by atoms with E-state index in [-0.39, 0.29) is 0 Å². The standard InChI is InChI=1S/C21H24N4S/c26-21-24(17-16-23-14-8-3-9-15-23)20(18-10-4-1-5-11-18)22-25(21)19-12-6-2-7-13-19/h1-2,4-7,10-13H,3,8-9,14-17H2. The Balaban J connectivity index is 1.70. The Kier molecular flexibility index (Phi) is 5.27. The van der Waals surface area contributed by atoms with Gasteiger partial charge in [-0.25, -0.2) is 4.68 Å². The molecule has 0 N–H and O–H groups in total. The van der Waals surface area contributed by atoms with Crippen molar-refractivity contribution in [3.63, 3.8) is 0 Å². The molecule has 0 spiro atoms. The number of para-hydroxylation sites is 1. The second-order valence-corrected chi connectivity index (χ2v) is 7.14. The molecule has 0 bridgehead atoms. The molecule has 0 amide bonds. The zero-order chi connectivity index (χ0) is 17.8. The lowest BCUT2D eigenvalue weighted by Crippen LogP contribution is -2.32. The molecule has 2 aromatic carbocycles. The topological polar surface area (TPSA) is 26.0 Å². The third-order valence-corrected chi connectivity index (χ3v) is 5.38. The Labute approximate surface area is 159 Å². The van der Waals surface area contributed by atoms with Crippen molar-refractivity contribution in [1.82, 2.24) is 19.2 Å². The van der Waals surface area contributed by atoms with Crippen LogP contribution in [0.25, 0.3) is 17.1 Å². The van der Waals surface area contributed by atoms with E-state index in [1.807, 2.05) is 41.1 Å². The smallest absolute Gasteiger partial charge is 0.203 e. The molecule has 4 nitrogen and oxygen atoms in total. The molecule has 26 heavy (non-hydrogen) atoms. The van der Waals surface area contributed by atoms with Crippen LogP contribution in [0.15, 0.2) is 60.7 Å². The first-order chi connectivity index (χ1) is 12.8. The lowest BCUT2D eigenvalue weighted by molar-refractivity contribution is 0.220. The van der Waals surface area contributed by atoms with Crippen molar-refractivity contribution in [3.8, 4) is 17.1 Å². The van der Waals surface area contributed by atoms with E-state index in [9.17, 15) is 0 Å². The third-order valence-electron chi connectivity index (χ3n) is 4.98. The normalized spacial score (nSPS) is 15.2. The van der Waals surface area contributed by atoms with Crippen molar-refractivity contribution in [3.05, 3.63) is 65.4 Å². The van der Waals surface area contributed by atoms with Crippen LogP contribution < -0.4 is 0 Å². The zero-order valence-corrected chi connectivity index (χ0v) is 15.7. The van der Waals surface area contributed by atoms with Crippen molar-refractivity contribution in [1.29, 1.82) is 0 Å². The van der Waals surface area contributed by atoms with Crippen molar-refractivity contribution in [2.75, 3.05) is 19.6 Å². The maximum atomic E-state index is 5.81. The number of likely N-dealkylation sites (tertiary alicyclic amines) is 1. The third kappa shape index (κ3) is 3.64. The average Bonchev–Trinajstić information content (AvgIpc) is 3.05. The van der Waals surface area contributed by atoms with Gasteiger partial charge < -0.3 is 4.90 Å². The molecule has 1 aromatic heterocycles. The van der Waals surface area contributed by atoms with Gasteiger partial charge in [0.1, 0.15) is 0 Å². The van der Waals surface area contributed by atoms with Crippen LogP contribution in [0.3, 0.4) is 0 Å². The summed E-state index contributed by atoms with van der Waals surface area (Å²) in [6.45, 7) is 4.28. The summed E-state index contributed by atoms with van der Waals surface area (Å²) in [4.78, 5) is 2.54. The summed E-state index contributed by atoms with van der Waals surface area (Å²) in [6.07, 6.45) is 3.97. The highest BCUT2D eigenvalue weighted by Crippen LogP contribution is 2.21. The van der Waals surface area contributed by atoms with E-state index in [0.29, 0.717) is 0 Å². The molecule has 3 aromatic rings. The predicted octanol–water partition coefficient (Wildman–Crippen LogP) is 4.56. The van der Waals surface area contributed by atoms with E-state index < -0.39 is 0 Å². The predicted molar refractivity (Wildman–Crippen MR) is 108 cm³/mol. The summed E-state index contributed by atoms with van der Waals surface area (Å²) < 4.78 is 4.83. The Hall–Kier alpha value is -2.24. The molecule has 0 atom stereocenters. The first-order valence-electron chi connectivity index (χ1n) is 9.36. The van der Waals surface area contributed by atoms with Gasteiger partial charge in [0, 0.05) is 18.7 Å². The van der Waals surface area contributed by atoms with Crippen LogP contribution in [0.1, 0.15) is 19.3 Å². The second-order valence-electron chi connectivity index (χ2n) is 6.77. The van der Waals surface area contributed by atoms with Crippen molar-refractivity contribution < 1.29 is 0 Å². The summed E-state index contributed by atoms with van der Waals surface area (Å²) in [5.74, 6) is 0.941. The van der Waals surface area contributed by atoms with Crippen molar-refractivity contribution in [2.24, 2.45) is 0 Å². The van der Waals surface area contributed by atoms with Gasteiger partial charge in [-0.3, -0.25) is 4.57 Å². The van der Waals surface area contributed by atoms with Crippen LogP contribution in [0.5, 0.6) is 0 Å². The molecule has 5 heteroatoms. The fourth-order valence-electron chi connectivity index (χ4n) is 3.56. The Morgan fingerprint density at radius 1 is 0.808 bits per heavy atom. The van der Waals surface area contributed by atoms with E-state index in [4.69, 9.17) is 17.3 Å². The molecule has 0 unspecified atom stereocenters. The minimum absolute atomic E-state index is 0.757. The highest BCUT2D eigenvalue weighted by atomic mass is 32.1. The Morgan fingerprint density at radius 2 is 1.46 bits per heavy atom. The van der Waals surface area contributed by atoms with Crippen LogP contribution in [0, 0.1) is 4.77 Å². The average molecular weight is 365 g/mol. The van der Waals surface area contributed by atoms with Gasteiger partial charge in [-0.1, -0.05) is 55.0 Å². The van der Waals surface area contributed by atoms with E-state index in [1.54, 1.807) is 0 Å². The maximum absolute atomic E-state index is 5.81. The quantitative estimate of drug-likeness (QED) is 0.621. The summed E-state index contributed by atoms with van der Waals surface area (Å²) in [6, 6.07) is 20.5. The summed E-state index contributed by atoms with van der Waals surface area (Å²) >= 11 is 5.81. The summed E-state index contributed by atoms with van der Waals surface area (Å²) in [5, 5.41) is 4.87. The van der Waals surface area contributed by atoms with E-state index in [2.05, 4.69) is 33.7 Å². The highest BCUT2D eigenvalue weighted by molar-refractivity contribution is 7.71. The first-order valence-corrected chi connectivity index (χ1v) is 9.77. The molecule has 2 heterocycles. The second kappa shape index (κ2) is 7.98. The van der Waals surface area contributed by atoms with Gasteiger partial charge in [-0.2, -0.15) is 0 Å². The van der Waals surface area contributed by atoms with Gasteiger partial charge in [-0.15, -0.1) is 5.10 Å². The fraction of sp³-hybridized carbons (Fsp3) is 0.333. The van der Waals surface area contributed by atoms with E-state index in [1.165, 1.54) is 32.4 Å². The number of nitrogens with zero attached hydrogens (tertiary/aromatic N) is 4. The number of piperidine rings is 1. The molecular weight excluding hydrogens is 340 g/mol. The van der Waals surface area contributed by atoms with Gasteiger partial charge in [0.05, 0.1) is 5.69 Å². The van der Waals surface area contributed by atoms with Crippen molar-refractivity contribution in [2.45, 2.75) is 25.8 Å². The van der Waals surface area contributed by atoms with Crippen LogP contribution in [0.4, 0.5) is 0 Å². The summed E-state index contributed by atoms with van der Waals surface area (Å²) in [7, 11) is 0. The molecule has 134 valence electrons. The number of rotatable bonds is 5. The SMILES string of the molecule is S=c1n(-c2ccccc2)nc(-c2ccccc2)n1CCN1CCCCC1. The Bertz CT molecular complexity index is 893. The molecule has 0 radical (unpaired) electrons. The number of hydrogen-bond acceptors (Lipinski definition) is 3. The van der Waals surface area contributed by atoms with Gasteiger partial charge in [0.2, 0.25) is 4.77 Å². The molecule has 0 saturated carbocycles. The van der Waals surface area contributed by atoms with Gasteiger partial charge in [0.25, 0.3) is 0 Å². The van der Waals surface area contributed by atoms with Crippen LogP contribution in [-0.2, 0) is 6.54 Å². The number of hydrogen-bond donors (Lipinski definition) is 0. The van der Waals surface area contributed by atoms with Gasteiger partial charge >= 0.3 is 0 Å². The molecular formula is C21H24N4S. The molecule has 1 aliphatic heterocycles. The van der Waals surface area contributed by atoms with Crippen LogP contribution in [0.2, 0.25) is 0 Å². The molecule has 4 rings (SSSR count). The van der Waals surface area contributed by atoms with Crippen LogP contribution >= 0.6 is 12.2 Å². The van der Waals surface area contributed by atoms with E-state index in [0.717, 1.165) is 34.9 Å².